The second kappa shape index (κ2) is 13.0. The number of pyridine rings is 2. The quantitative estimate of drug-likeness (QED) is 0.166. The predicted octanol–water partition coefficient (Wildman–Crippen LogP) is 5.62. The number of hydrogen-bond donors (Lipinski definition) is 0. The minimum atomic E-state index is -0.451. The number of Topliss-reactive ketones (excluding diaryl/α,β-unsaturated/α-hetero) is 1. The number of ether oxygens (including phenoxy) is 2. The average molecular weight is 545 g/mol. The molecule has 0 amide bonds. The van der Waals surface area contributed by atoms with Crippen molar-refractivity contribution in [1.82, 2.24) is 19.9 Å². The van der Waals surface area contributed by atoms with E-state index in [1.807, 2.05) is 0 Å². The zero-order chi connectivity index (χ0) is 26.1. The van der Waals surface area contributed by atoms with Crippen molar-refractivity contribution in [1.29, 1.82) is 0 Å². The van der Waals surface area contributed by atoms with Gasteiger partial charge >= 0.3 is 11.9 Å². The van der Waals surface area contributed by atoms with Gasteiger partial charge in [0, 0.05) is 17.7 Å². The normalized spacial score (nSPS) is 10.2. The fourth-order valence-electron chi connectivity index (χ4n) is 2.66. The maximum absolute atomic E-state index is 11.5. The SMILES string of the molecule is CCOC(=O)c1csc(-c2cccc(C(C)=O)n2)n1.CCOC(=O)c1csc(-c2cccc(Cl)n2)n1. The molecule has 0 saturated heterocycles. The largest absolute Gasteiger partial charge is 0.461 e. The first-order valence-corrected chi connectivity index (χ1v) is 12.8. The van der Waals surface area contributed by atoms with E-state index in [0.29, 0.717) is 51.2 Å². The van der Waals surface area contributed by atoms with E-state index in [1.165, 1.54) is 29.6 Å². The summed E-state index contributed by atoms with van der Waals surface area (Å²) in [6, 6.07) is 10.4. The second-order valence-electron chi connectivity index (χ2n) is 6.83. The molecule has 4 aromatic rings. The molecule has 0 aliphatic heterocycles. The summed E-state index contributed by atoms with van der Waals surface area (Å²) in [6.07, 6.45) is 0. The van der Waals surface area contributed by atoms with Crippen LogP contribution in [0.3, 0.4) is 0 Å². The van der Waals surface area contributed by atoms with Gasteiger partial charge in [0.15, 0.2) is 17.2 Å². The summed E-state index contributed by atoms with van der Waals surface area (Å²) in [4.78, 5) is 50.9. The molecule has 0 aliphatic rings. The monoisotopic (exact) mass is 544 g/mol. The van der Waals surface area contributed by atoms with Crippen LogP contribution in [0.5, 0.6) is 0 Å². The molecular weight excluding hydrogens is 524 g/mol. The molecule has 0 atom stereocenters. The first kappa shape index (κ1) is 27.1. The third kappa shape index (κ3) is 7.23. The lowest BCUT2D eigenvalue weighted by Crippen LogP contribution is -2.04. The molecule has 0 aromatic carbocycles. The first-order chi connectivity index (χ1) is 17.3. The smallest absolute Gasteiger partial charge is 0.357 e. The summed E-state index contributed by atoms with van der Waals surface area (Å²) in [5, 5.41) is 4.91. The zero-order valence-corrected chi connectivity index (χ0v) is 21.9. The van der Waals surface area contributed by atoms with Crippen LogP contribution in [0.4, 0.5) is 0 Å². The Bertz CT molecular complexity index is 1370. The average Bonchev–Trinajstić information content (AvgIpc) is 3.56. The van der Waals surface area contributed by atoms with E-state index in [1.54, 1.807) is 61.0 Å². The molecule has 0 aliphatic carbocycles. The van der Waals surface area contributed by atoms with Crippen LogP contribution < -0.4 is 0 Å². The van der Waals surface area contributed by atoms with Crippen LogP contribution in [-0.4, -0.2) is 50.9 Å². The Morgan fingerprint density at radius 3 is 1.72 bits per heavy atom. The lowest BCUT2D eigenvalue weighted by molar-refractivity contribution is 0.0511. The Balaban J connectivity index is 0.000000202. The number of esters is 2. The molecule has 4 rings (SSSR count). The first-order valence-electron chi connectivity index (χ1n) is 10.7. The van der Waals surface area contributed by atoms with E-state index in [0.717, 1.165) is 0 Å². The number of aromatic nitrogens is 4. The third-order valence-corrected chi connectivity index (χ3v) is 6.18. The third-order valence-electron chi connectivity index (χ3n) is 4.24. The highest BCUT2D eigenvalue weighted by Crippen LogP contribution is 2.24. The number of ketones is 1. The van der Waals surface area contributed by atoms with Crippen molar-refractivity contribution in [2.75, 3.05) is 13.2 Å². The van der Waals surface area contributed by atoms with Gasteiger partial charge in [0.1, 0.15) is 26.6 Å². The summed E-state index contributed by atoms with van der Waals surface area (Å²) in [5.74, 6) is -0.978. The van der Waals surface area contributed by atoms with Crippen LogP contribution in [0.2, 0.25) is 5.15 Å². The highest BCUT2D eigenvalue weighted by Gasteiger charge is 2.15. The summed E-state index contributed by atoms with van der Waals surface area (Å²) >= 11 is 8.41. The number of hydrogen-bond acceptors (Lipinski definition) is 11. The van der Waals surface area contributed by atoms with E-state index in [2.05, 4.69) is 19.9 Å². The molecule has 0 N–H and O–H groups in total. The molecule has 0 saturated carbocycles. The Kier molecular flexibility index (Phi) is 9.74. The minimum absolute atomic E-state index is 0.107. The molecule has 9 nitrogen and oxygen atoms in total. The number of rotatable bonds is 7. The van der Waals surface area contributed by atoms with Crippen molar-refractivity contribution in [2.45, 2.75) is 20.8 Å². The summed E-state index contributed by atoms with van der Waals surface area (Å²) in [5.41, 5.74) is 2.17. The fourth-order valence-corrected chi connectivity index (χ4v) is 4.34. The molecule has 4 heterocycles. The van der Waals surface area contributed by atoms with E-state index >= 15 is 0 Å². The molecular formula is C24H21ClN4O5S2. The number of thiazole rings is 2. The van der Waals surface area contributed by atoms with Gasteiger partial charge in [-0.3, -0.25) is 4.79 Å². The second-order valence-corrected chi connectivity index (χ2v) is 8.93. The van der Waals surface area contributed by atoms with Crippen molar-refractivity contribution in [3.05, 3.63) is 69.4 Å². The summed E-state index contributed by atoms with van der Waals surface area (Å²) in [6.45, 7) is 5.59. The molecule has 4 aromatic heterocycles. The summed E-state index contributed by atoms with van der Waals surface area (Å²) in [7, 11) is 0. The van der Waals surface area contributed by atoms with Crippen molar-refractivity contribution in [2.24, 2.45) is 0 Å². The fraction of sp³-hybridized carbons (Fsp3) is 0.208. The molecule has 12 heteroatoms. The Hall–Kier alpha value is -3.54. The lowest BCUT2D eigenvalue weighted by atomic mass is 10.2. The van der Waals surface area contributed by atoms with Crippen molar-refractivity contribution >= 4 is 52.0 Å². The highest BCUT2D eigenvalue weighted by molar-refractivity contribution is 7.13. The molecule has 0 spiro atoms. The van der Waals surface area contributed by atoms with Crippen LogP contribution in [0.15, 0.2) is 47.2 Å². The number of halogens is 1. The van der Waals surface area contributed by atoms with Gasteiger partial charge < -0.3 is 9.47 Å². The van der Waals surface area contributed by atoms with Gasteiger partial charge in [0.25, 0.3) is 0 Å². The molecule has 186 valence electrons. The van der Waals surface area contributed by atoms with E-state index in [9.17, 15) is 14.4 Å². The number of nitrogens with zero attached hydrogens (tertiary/aromatic N) is 4. The maximum Gasteiger partial charge on any atom is 0.357 e. The highest BCUT2D eigenvalue weighted by atomic mass is 35.5. The molecule has 0 unspecified atom stereocenters. The zero-order valence-electron chi connectivity index (χ0n) is 19.6. The van der Waals surface area contributed by atoms with Crippen LogP contribution in [0, 0.1) is 0 Å². The van der Waals surface area contributed by atoms with E-state index < -0.39 is 11.9 Å². The lowest BCUT2D eigenvalue weighted by Gasteiger charge is -1.99. The van der Waals surface area contributed by atoms with Gasteiger partial charge in [-0.05, 0) is 38.1 Å². The van der Waals surface area contributed by atoms with Crippen LogP contribution >= 0.6 is 34.3 Å². The van der Waals surface area contributed by atoms with Gasteiger partial charge in [-0.25, -0.2) is 29.5 Å². The molecule has 0 bridgehead atoms. The van der Waals surface area contributed by atoms with Crippen molar-refractivity contribution in [3.63, 3.8) is 0 Å². The molecule has 0 radical (unpaired) electrons. The number of carbonyl (C=O) groups excluding carboxylic acids is 3. The minimum Gasteiger partial charge on any atom is -0.461 e. The van der Waals surface area contributed by atoms with Crippen molar-refractivity contribution in [3.8, 4) is 21.4 Å². The Labute approximate surface area is 220 Å². The van der Waals surface area contributed by atoms with Crippen molar-refractivity contribution < 1.29 is 23.9 Å². The van der Waals surface area contributed by atoms with Crippen LogP contribution in [-0.2, 0) is 9.47 Å². The van der Waals surface area contributed by atoms with Crippen LogP contribution in [0.25, 0.3) is 21.4 Å². The molecule has 0 fully saturated rings. The number of carbonyl (C=O) groups is 3. The molecule has 36 heavy (non-hydrogen) atoms. The maximum atomic E-state index is 11.5. The Morgan fingerprint density at radius 1 is 0.750 bits per heavy atom. The van der Waals surface area contributed by atoms with Gasteiger partial charge in [0.2, 0.25) is 0 Å². The predicted molar refractivity (Wildman–Crippen MR) is 138 cm³/mol. The van der Waals surface area contributed by atoms with E-state index in [-0.39, 0.29) is 11.5 Å². The standard InChI is InChI=1S/C13H12N2O3S.C11H9ClN2O2S/c1-3-18-13(17)11-7-19-12(15-11)10-6-4-5-9(14-10)8(2)16;1-2-16-11(15)8-6-17-10(14-8)7-4-3-5-9(12)13-7/h4-7H,3H2,1-2H3;3-6H,2H2,1H3. The van der Waals surface area contributed by atoms with Gasteiger partial charge in [-0.15, -0.1) is 22.7 Å². The van der Waals surface area contributed by atoms with E-state index in [4.69, 9.17) is 21.1 Å². The van der Waals surface area contributed by atoms with Gasteiger partial charge in [0.05, 0.1) is 18.9 Å². The summed E-state index contributed by atoms with van der Waals surface area (Å²) < 4.78 is 9.73. The topological polar surface area (TPSA) is 121 Å². The Morgan fingerprint density at radius 2 is 1.25 bits per heavy atom. The van der Waals surface area contributed by atoms with Gasteiger partial charge in [-0.2, -0.15) is 0 Å². The van der Waals surface area contributed by atoms with Crippen LogP contribution in [0.1, 0.15) is 52.2 Å². The van der Waals surface area contributed by atoms with Gasteiger partial charge in [-0.1, -0.05) is 23.7 Å².